The minimum atomic E-state index is -5.11. The molecule has 1 heterocycles. The molecule has 0 unspecified atom stereocenters. The minimum Gasteiger partial charge on any atom is -0.414 e. The van der Waals surface area contributed by atoms with Crippen molar-refractivity contribution in [2.24, 2.45) is 7.05 Å². The molecular formula is C8H6F3NO3. The van der Waals surface area contributed by atoms with Crippen molar-refractivity contribution >= 4 is 5.97 Å². The van der Waals surface area contributed by atoms with E-state index in [-0.39, 0.29) is 0 Å². The number of nitrogens with zero attached hydrogens (tertiary/aromatic N) is 1. The number of pyridine rings is 1. The molecule has 4 nitrogen and oxygen atoms in total. The summed E-state index contributed by atoms with van der Waals surface area (Å²) >= 11 is 0. The van der Waals surface area contributed by atoms with E-state index in [2.05, 4.69) is 4.74 Å². The van der Waals surface area contributed by atoms with Gasteiger partial charge in [-0.15, -0.1) is 0 Å². The van der Waals surface area contributed by atoms with E-state index in [1.165, 1.54) is 19.3 Å². The molecular weight excluding hydrogens is 215 g/mol. The zero-order valence-corrected chi connectivity index (χ0v) is 7.54. The Kier molecular flexibility index (Phi) is 2.83. The lowest BCUT2D eigenvalue weighted by Gasteiger charge is -2.06. The van der Waals surface area contributed by atoms with E-state index in [1.54, 1.807) is 0 Å². The lowest BCUT2D eigenvalue weighted by atomic mass is 10.4. The molecule has 0 N–H and O–H groups in total. The first-order valence-electron chi connectivity index (χ1n) is 3.77. The number of esters is 1. The summed E-state index contributed by atoms with van der Waals surface area (Å²) in [4.78, 5) is 21.6. The third kappa shape index (κ3) is 2.58. The molecule has 0 atom stereocenters. The summed E-state index contributed by atoms with van der Waals surface area (Å²) < 4.78 is 40.2. The Bertz CT molecular complexity index is 435. The molecule has 0 amide bonds. The quantitative estimate of drug-likeness (QED) is 0.660. The maximum atomic E-state index is 11.8. The SMILES string of the molecule is Cn1cccc(OC(=O)C(F)(F)F)c1=O. The van der Waals surface area contributed by atoms with Gasteiger partial charge in [0.05, 0.1) is 0 Å². The first kappa shape index (κ1) is 11.3. The average molecular weight is 221 g/mol. The van der Waals surface area contributed by atoms with Crippen LogP contribution in [-0.2, 0) is 11.8 Å². The molecule has 1 aromatic heterocycles. The van der Waals surface area contributed by atoms with Crippen LogP contribution in [0.3, 0.4) is 0 Å². The van der Waals surface area contributed by atoms with Crippen molar-refractivity contribution in [3.63, 3.8) is 0 Å². The maximum Gasteiger partial charge on any atom is 0.491 e. The molecule has 15 heavy (non-hydrogen) atoms. The Morgan fingerprint density at radius 1 is 1.47 bits per heavy atom. The van der Waals surface area contributed by atoms with Gasteiger partial charge < -0.3 is 9.30 Å². The number of alkyl halides is 3. The van der Waals surface area contributed by atoms with Gasteiger partial charge in [-0.25, -0.2) is 4.79 Å². The van der Waals surface area contributed by atoms with Crippen LogP contribution >= 0.6 is 0 Å². The zero-order valence-electron chi connectivity index (χ0n) is 7.54. The van der Waals surface area contributed by atoms with Crippen LogP contribution in [0.4, 0.5) is 13.2 Å². The van der Waals surface area contributed by atoms with Crippen LogP contribution in [0.2, 0.25) is 0 Å². The highest BCUT2D eigenvalue weighted by molar-refractivity contribution is 5.77. The number of carbonyl (C=O) groups excluding carboxylic acids is 1. The highest BCUT2D eigenvalue weighted by atomic mass is 19.4. The summed E-state index contributed by atoms with van der Waals surface area (Å²) in [6.07, 6.45) is -3.78. The molecule has 0 aliphatic carbocycles. The van der Waals surface area contributed by atoms with Gasteiger partial charge in [-0.2, -0.15) is 13.2 Å². The zero-order chi connectivity index (χ0) is 11.6. The van der Waals surface area contributed by atoms with Gasteiger partial charge in [0, 0.05) is 13.2 Å². The van der Waals surface area contributed by atoms with Crippen LogP contribution in [0.1, 0.15) is 0 Å². The summed E-state index contributed by atoms with van der Waals surface area (Å²) in [5, 5.41) is 0. The molecule has 0 aliphatic heterocycles. The molecule has 1 aromatic rings. The molecule has 0 bridgehead atoms. The van der Waals surface area contributed by atoms with Crippen molar-refractivity contribution in [3.05, 3.63) is 28.7 Å². The van der Waals surface area contributed by atoms with Crippen molar-refractivity contribution < 1.29 is 22.7 Å². The van der Waals surface area contributed by atoms with Gasteiger partial charge in [-0.1, -0.05) is 0 Å². The molecule has 0 fully saturated rings. The predicted octanol–water partition coefficient (Wildman–Crippen LogP) is 0.853. The maximum absolute atomic E-state index is 11.8. The average Bonchev–Trinajstić information content (AvgIpc) is 2.11. The van der Waals surface area contributed by atoms with Crippen molar-refractivity contribution in [2.45, 2.75) is 6.18 Å². The third-order valence-electron chi connectivity index (χ3n) is 1.52. The molecule has 7 heteroatoms. The fraction of sp³-hybridized carbons (Fsp3) is 0.250. The largest absolute Gasteiger partial charge is 0.491 e. The van der Waals surface area contributed by atoms with Crippen molar-refractivity contribution in [2.75, 3.05) is 0 Å². The Balaban J connectivity index is 2.97. The van der Waals surface area contributed by atoms with Gasteiger partial charge in [-0.3, -0.25) is 4.79 Å². The second-order valence-corrected chi connectivity index (χ2v) is 2.68. The lowest BCUT2D eigenvalue weighted by Crippen LogP contribution is -2.31. The van der Waals surface area contributed by atoms with E-state index in [0.29, 0.717) is 0 Å². The predicted molar refractivity (Wildman–Crippen MR) is 43.4 cm³/mol. The Labute approximate surface area is 81.9 Å². The standard InChI is InChI=1S/C8H6F3NO3/c1-12-4-2-3-5(6(12)13)15-7(14)8(9,10)11/h2-4H,1H3. The third-order valence-corrected chi connectivity index (χ3v) is 1.52. The number of halogens is 3. The fourth-order valence-corrected chi connectivity index (χ4v) is 0.808. The van der Waals surface area contributed by atoms with Gasteiger partial charge in [0.25, 0.3) is 5.56 Å². The number of hydrogen-bond acceptors (Lipinski definition) is 3. The summed E-state index contributed by atoms with van der Waals surface area (Å²) in [5.74, 6) is -3.06. The van der Waals surface area contributed by atoms with Crippen molar-refractivity contribution in [1.29, 1.82) is 0 Å². The van der Waals surface area contributed by atoms with E-state index >= 15 is 0 Å². The van der Waals surface area contributed by atoms with Crippen LogP contribution in [0.25, 0.3) is 0 Å². The molecule has 0 aliphatic rings. The van der Waals surface area contributed by atoms with Gasteiger partial charge >= 0.3 is 12.1 Å². The van der Waals surface area contributed by atoms with Crippen molar-refractivity contribution in [1.82, 2.24) is 4.57 Å². The van der Waals surface area contributed by atoms with Crippen LogP contribution < -0.4 is 10.3 Å². The van der Waals surface area contributed by atoms with Crippen LogP contribution in [0, 0.1) is 0 Å². The molecule has 0 radical (unpaired) electrons. The highest BCUT2D eigenvalue weighted by Crippen LogP contribution is 2.17. The Morgan fingerprint density at radius 2 is 2.07 bits per heavy atom. The molecule has 82 valence electrons. The van der Waals surface area contributed by atoms with E-state index in [0.717, 1.165) is 10.6 Å². The highest BCUT2D eigenvalue weighted by Gasteiger charge is 2.41. The Hall–Kier alpha value is -1.79. The van der Waals surface area contributed by atoms with Gasteiger partial charge in [0.2, 0.25) is 0 Å². The normalized spacial score (nSPS) is 11.2. The number of ether oxygens (including phenoxy) is 1. The van der Waals surface area contributed by atoms with Gasteiger partial charge in [-0.05, 0) is 12.1 Å². The molecule has 1 rings (SSSR count). The van der Waals surface area contributed by atoms with Gasteiger partial charge in [0.1, 0.15) is 0 Å². The first-order chi connectivity index (χ1) is 6.82. The van der Waals surface area contributed by atoms with E-state index < -0.39 is 23.5 Å². The number of carbonyl (C=O) groups is 1. The van der Waals surface area contributed by atoms with Crippen LogP contribution in [-0.4, -0.2) is 16.7 Å². The van der Waals surface area contributed by atoms with E-state index in [4.69, 9.17) is 0 Å². The Morgan fingerprint density at radius 3 is 2.60 bits per heavy atom. The molecule has 0 saturated carbocycles. The smallest absolute Gasteiger partial charge is 0.414 e. The molecule has 0 aromatic carbocycles. The summed E-state index contributed by atoms with van der Waals surface area (Å²) in [7, 11) is 1.33. The van der Waals surface area contributed by atoms with Crippen LogP contribution in [0.5, 0.6) is 5.75 Å². The molecule has 0 spiro atoms. The summed E-state index contributed by atoms with van der Waals surface area (Å²) in [6, 6.07) is 2.28. The number of aryl methyl sites for hydroxylation is 1. The van der Waals surface area contributed by atoms with Crippen molar-refractivity contribution in [3.8, 4) is 5.75 Å². The first-order valence-corrected chi connectivity index (χ1v) is 3.77. The van der Waals surface area contributed by atoms with E-state index in [9.17, 15) is 22.8 Å². The monoisotopic (exact) mass is 221 g/mol. The van der Waals surface area contributed by atoms with Gasteiger partial charge in [0.15, 0.2) is 5.75 Å². The second-order valence-electron chi connectivity index (χ2n) is 2.68. The minimum absolute atomic E-state index is 0.651. The number of rotatable bonds is 1. The summed E-state index contributed by atoms with van der Waals surface area (Å²) in [6.45, 7) is 0. The van der Waals surface area contributed by atoms with E-state index in [1.807, 2.05) is 0 Å². The molecule has 0 saturated heterocycles. The van der Waals surface area contributed by atoms with Crippen LogP contribution in [0.15, 0.2) is 23.1 Å². The number of aromatic nitrogens is 1. The fourth-order valence-electron chi connectivity index (χ4n) is 0.808. The summed E-state index contributed by atoms with van der Waals surface area (Å²) in [5.41, 5.74) is -0.810. The second kappa shape index (κ2) is 3.76. The number of hydrogen-bond donors (Lipinski definition) is 0. The lowest BCUT2D eigenvalue weighted by molar-refractivity contribution is -0.189. The topological polar surface area (TPSA) is 48.3 Å².